The zero-order valence-electron chi connectivity index (χ0n) is 5.42. The molecule has 0 unspecified atom stereocenters. The molecule has 0 aliphatic rings. The normalized spacial score (nSPS) is 8.11. The van der Waals surface area contributed by atoms with E-state index in [2.05, 4.69) is 16.1 Å². The maximum absolute atomic E-state index is 10.3. The van der Waals surface area contributed by atoms with Gasteiger partial charge in [-0.05, 0) is 6.42 Å². The van der Waals surface area contributed by atoms with Gasteiger partial charge in [0.2, 0.25) is 0 Å². The topological polar surface area (TPSA) is 35.5 Å². The summed E-state index contributed by atoms with van der Waals surface area (Å²) in [4.78, 5) is 10.3. The van der Waals surface area contributed by atoms with Crippen LogP contribution in [0.1, 0.15) is 13.3 Å². The van der Waals surface area contributed by atoms with Crippen molar-refractivity contribution in [3.05, 3.63) is 12.8 Å². The Morgan fingerprint density at radius 1 is 1.78 bits per heavy atom. The van der Waals surface area contributed by atoms with Gasteiger partial charge >= 0.3 is 6.16 Å². The molecule has 0 bridgehead atoms. The minimum absolute atomic E-state index is 0.396. The minimum atomic E-state index is -0.688. The highest BCUT2D eigenvalue weighted by molar-refractivity contribution is 5.60. The molecule has 0 radical (unpaired) electrons. The summed E-state index contributed by atoms with van der Waals surface area (Å²) >= 11 is 0. The highest BCUT2D eigenvalue weighted by Gasteiger charge is 1.96. The molecule has 3 heteroatoms. The van der Waals surface area contributed by atoms with E-state index in [1.165, 1.54) is 0 Å². The number of rotatable bonds is 3. The maximum atomic E-state index is 10.3. The molecule has 0 rings (SSSR count). The van der Waals surface area contributed by atoms with Gasteiger partial charge in [0.1, 0.15) is 0 Å². The third-order valence-corrected chi connectivity index (χ3v) is 0.604. The van der Waals surface area contributed by atoms with Crippen molar-refractivity contribution in [1.29, 1.82) is 0 Å². The molecule has 0 fully saturated rings. The van der Waals surface area contributed by atoms with E-state index in [1.54, 1.807) is 0 Å². The molecular weight excluding hydrogens is 120 g/mol. The van der Waals surface area contributed by atoms with E-state index in [0.29, 0.717) is 6.61 Å². The molecule has 9 heavy (non-hydrogen) atoms. The van der Waals surface area contributed by atoms with E-state index in [4.69, 9.17) is 0 Å². The number of hydrogen-bond donors (Lipinski definition) is 0. The van der Waals surface area contributed by atoms with Crippen molar-refractivity contribution in [2.75, 3.05) is 6.61 Å². The van der Waals surface area contributed by atoms with Crippen LogP contribution in [0.4, 0.5) is 4.79 Å². The minimum Gasteiger partial charge on any atom is -0.434 e. The van der Waals surface area contributed by atoms with Crippen LogP contribution < -0.4 is 0 Å². The van der Waals surface area contributed by atoms with E-state index in [-0.39, 0.29) is 0 Å². The molecular formula is C6H10O3. The van der Waals surface area contributed by atoms with Crippen LogP contribution in [-0.2, 0) is 9.47 Å². The molecule has 0 saturated carbocycles. The largest absolute Gasteiger partial charge is 0.513 e. The van der Waals surface area contributed by atoms with Crippen molar-refractivity contribution in [1.82, 2.24) is 0 Å². The van der Waals surface area contributed by atoms with Gasteiger partial charge in [0, 0.05) is 0 Å². The monoisotopic (exact) mass is 130 g/mol. The average Bonchev–Trinajstić information content (AvgIpc) is 1.85. The molecule has 0 heterocycles. The lowest BCUT2D eigenvalue weighted by Gasteiger charge is -1.98. The van der Waals surface area contributed by atoms with Gasteiger partial charge in [-0.2, -0.15) is 0 Å². The SMILES string of the molecule is C=COC(=O)OCCC. The second kappa shape index (κ2) is 5.15. The van der Waals surface area contributed by atoms with Crippen molar-refractivity contribution in [3.8, 4) is 0 Å². The van der Waals surface area contributed by atoms with E-state index < -0.39 is 6.16 Å². The third-order valence-electron chi connectivity index (χ3n) is 0.604. The van der Waals surface area contributed by atoms with Gasteiger partial charge in [-0.1, -0.05) is 13.5 Å². The fourth-order valence-electron chi connectivity index (χ4n) is 0.287. The second-order valence-corrected chi connectivity index (χ2v) is 1.38. The smallest absolute Gasteiger partial charge is 0.434 e. The Kier molecular flexibility index (Phi) is 4.59. The number of carbonyl (C=O) groups excluding carboxylic acids is 1. The molecule has 52 valence electrons. The van der Waals surface area contributed by atoms with Gasteiger partial charge in [-0.15, -0.1) is 0 Å². The summed E-state index contributed by atoms with van der Waals surface area (Å²) in [6.07, 6.45) is 1.15. The molecule has 0 N–H and O–H groups in total. The van der Waals surface area contributed by atoms with E-state index >= 15 is 0 Å². The van der Waals surface area contributed by atoms with Crippen molar-refractivity contribution in [2.24, 2.45) is 0 Å². The fourth-order valence-corrected chi connectivity index (χ4v) is 0.287. The first-order chi connectivity index (χ1) is 4.31. The van der Waals surface area contributed by atoms with Crippen LogP contribution in [0.25, 0.3) is 0 Å². The standard InChI is InChI=1S/C6H10O3/c1-3-5-9-6(7)8-4-2/h4H,2-3,5H2,1H3. The summed E-state index contributed by atoms with van der Waals surface area (Å²) in [7, 11) is 0. The van der Waals surface area contributed by atoms with Crippen LogP contribution in [0.2, 0.25) is 0 Å². The Morgan fingerprint density at radius 2 is 2.44 bits per heavy atom. The highest BCUT2D eigenvalue weighted by atomic mass is 16.7. The van der Waals surface area contributed by atoms with Gasteiger partial charge < -0.3 is 9.47 Å². The van der Waals surface area contributed by atoms with Gasteiger partial charge in [-0.25, -0.2) is 4.79 Å². The molecule has 0 spiro atoms. The summed E-state index contributed by atoms with van der Waals surface area (Å²) in [6.45, 7) is 5.49. The van der Waals surface area contributed by atoms with Crippen LogP contribution in [0, 0.1) is 0 Å². The Hall–Kier alpha value is -0.990. The Balaban J connectivity index is 3.16. The Bertz CT molecular complexity index is 98.5. The summed E-state index contributed by atoms with van der Waals surface area (Å²) < 4.78 is 8.75. The zero-order chi connectivity index (χ0) is 7.11. The molecule has 0 aromatic rings. The van der Waals surface area contributed by atoms with Crippen molar-refractivity contribution >= 4 is 6.16 Å². The zero-order valence-corrected chi connectivity index (χ0v) is 5.42. The first kappa shape index (κ1) is 8.01. The molecule has 0 aliphatic heterocycles. The summed E-state index contributed by atoms with van der Waals surface area (Å²) in [6, 6.07) is 0. The van der Waals surface area contributed by atoms with Gasteiger partial charge in [0.25, 0.3) is 0 Å². The maximum Gasteiger partial charge on any atom is 0.513 e. The first-order valence-corrected chi connectivity index (χ1v) is 2.75. The predicted molar refractivity (Wildman–Crippen MR) is 32.9 cm³/mol. The fraction of sp³-hybridized carbons (Fsp3) is 0.500. The predicted octanol–water partition coefficient (Wildman–Crippen LogP) is 1.69. The van der Waals surface area contributed by atoms with Crippen molar-refractivity contribution in [2.45, 2.75) is 13.3 Å². The molecule has 3 nitrogen and oxygen atoms in total. The summed E-state index contributed by atoms with van der Waals surface area (Å²) in [5, 5.41) is 0. The lowest BCUT2D eigenvalue weighted by molar-refractivity contribution is 0.0851. The van der Waals surface area contributed by atoms with E-state index in [1.807, 2.05) is 6.92 Å². The number of ether oxygens (including phenoxy) is 2. The van der Waals surface area contributed by atoms with Gasteiger partial charge in [0.05, 0.1) is 12.9 Å². The molecule has 0 atom stereocenters. The first-order valence-electron chi connectivity index (χ1n) is 2.75. The molecule has 0 saturated heterocycles. The van der Waals surface area contributed by atoms with Crippen LogP contribution >= 0.6 is 0 Å². The van der Waals surface area contributed by atoms with Gasteiger partial charge in [0.15, 0.2) is 0 Å². The van der Waals surface area contributed by atoms with Crippen molar-refractivity contribution < 1.29 is 14.3 Å². The number of carbonyl (C=O) groups is 1. The van der Waals surface area contributed by atoms with Crippen LogP contribution in [0.5, 0.6) is 0 Å². The summed E-state index contributed by atoms with van der Waals surface area (Å²) in [5.41, 5.74) is 0. The quantitative estimate of drug-likeness (QED) is 0.430. The lowest BCUT2D eigenvalue weighted by Crippen LogP contribution is -2.03. The van der Waals surface area contributed by atoms with E-state index in [9.17, 15) is 4.79 Å². The third kappa shape index (κ3) is 4.87. The second-order valence-electron chi connectivity index (χ2n) is 1.38. The molecule has 0 amide bonds. The number of hydrogen-bond acceptors (Lipinski definition) is 3. The van der Waals surface area contributed by atoms with Crippen molar-refractivity contribution in [3.63, 3.8) is 0 Å². The lowest BCUT2D eigenvalue weighted by atomic mass is 10.5. The molecule has 0 aromatic carbocycles. The van der Waals surface area contributed by atoms with E-state index in [0.717, 1.165) is 12.7 Å². The highest BCUT2D eigenvalue weighted by Crippen LogP contribution is 1.86. The molecule has 0 aromatic heterocycles. The Labute approximate surface area is 54.3 Å². The average molecular weight is 130 g/mol. The summed E-state index contributed by atoms with van der Waals surface area (Å²) in [5.74, 6) is 0. The van der Waals surface area contributed by atoms with Gasteiger partial charge in [-0.3, -0.25) is 0 Å². The van der Waals surface area contributed by atoms with Crippen LogP contribution in [0.15, 0.2) is 12.8 Å². The molecule has 0 aliphatic carbocycles. The Morgan fingerprint density at radius 3 is 2.89 bits per heavy atom. The van der Waals surface area contributed by atoms with Crippen LogP contribution in [0.3, 0.4) is 0 Å². The van der Waals surface area contributed by atoms with Crippen LogP contribution in [-0.4, -0.2) is 12.8 Å².